The van der Waals surface area contributed by atoms with E-state index < -0.39 is 11.7 Å². The highest BCUT2D eigenvalue weighted by Gasteiger charge is 2.35. The number of nitrogen functional groups attached to an aromatic ring is 1. The third kappa shape index (κ3) is 3.38. The average Bonchev–Trinajstić information content (AvgIpc) is 2.40. The number of hydrogen-bond acceptors (Lipinski definition) is 5. The molecule has 0 bridgehead atoms. The summed E-state index contributed by atoms with van der Waals surface area (Å²) in [6.07, 6.45) is -4.43. The Labute approximate surface area is 121 Å². The first-order valence-electron chi connectivity index (χ1n) is 6.65. The summed E-state index contributed by atoms with van der Waals surface area (Å²) in [4.78, 5) is 8.19. The van der Waals surface area contributed by atoms with E-state index in [0.29, 0.717) is 18.9 Å². The fourth-order valence-electron chi connectivity index (χ4n) is 2.35. The maximum absolute atomic E-state index is 12.9. The minimum atomic E-state index is -4.43. The van der Waals surface area contributed by atoms with Gasteiger partial charge in [-0.25, -0.2) is 10.8 Å². The number of anilines is 2. The number of nitrogens with two attached hydrogens (primary N) is 1. The van der Waals surface area contributed by atoms with Crippen LogP contribution in [-0.2, 0) is 6.18 Å². The van der Waals surface area contributed by atoms with Crippen molar-refractivity contribution in [2.24, 2.45) is 5.84 Å². The molecule has 0 aliphatic carbocycles. The zero-order valence-electron chi connectivity index (χ0n) is 12.3. The zero-order chi connectivity index (χ0) is 15.8. The van der Waals surface area contributed by atoms with Gasteiger partial charge < -0.3 is 10.3 Å². The second-order valence-corrected chi connectivity index (χ2v) is 5.90. The molecule has 1 saturated heterocycles. The van der Waals surface area contributed by atoms with Crippen molar-refractivity contribution in [2.45, 2.75) is 25.6 Å². The SMILES string of the molecule is CN1CCN(c2cc(C(F)(F)F)cc(NN)n2)CC1(C)C. The molecular weight excluding hydrogens is 283 g/mol. The Balaban J connectivity index is 2.35. The summed E-state index contributed by atoms with van der Waals surface area (Å²) in [5.74, 6) is 5.53. The Bertz CT molecular complexity index is 515. The molecule has 1 aliphatic heterocycles. The molecule has 0 radical (unpaired) electrons. The van der Waals surface area contributed by atoms with Crippen LogP contribution in [0.25, 0.3) is 0 Å². The summed E-state index contributed by atoms with van der Waals surface area (Å²) in [5, 5.41) is 0. The number of likely N-dealkylation sites (N-methyl/N-ethyl adjacent to an activating group) is 1. The molecule has 1 aromatic rings. The highest BCUT2D eigenvalue weighted by Crippen LogP contribution is 2.33. The molecule has 0 atom stereocenters. The Morgan fingerprint density at radius 3 is 2.48 bits per heavy atom. The first kappa shape index (κ1) is 15.8. The number of nitrogens with one attached hydrogen (secondary N) is 1. The molecule has 0 spiro atoms. The fourth-order valence-corrected chi connectivity index (χ4v) is 2.35. The minimum Gasteiger partial charge on any atom is -0.353 e. The van der Waals surface area contributed by atoms with Gasteiger partial charge in [0, 0.05) is 25.2 Å². The predicted molar refractivity (Wildman–Crippen MR) is 76.0 cm³/mol. The van der Waals surface area contributed by atoms with E-state index in [4.69, 9.17) is 5.84 Å². The predicted octanol–water partition coefficient (Wildman–Crippen LogP) is 1.92. The molecule has 1 aromatic heterocycles. The Morgan fingerprint density at radius 1 is 1.29 bits per heavy atom. The van der Waals surface area contributed by atoms with Crippen molar-refractivity contribution in [2.75, 3.05) is 37.0 Å². The lowest BCUT2D eigenvalue weighted by molar-refractivity contribution is -0.137. The minimum absolute atomic E-state index is 0.0107. The number of alkyl halides is 3. The van der Waals surface area contributed by atoms with Crippen LogP contribution < -0.4 is 16.2 Å². The summed E-state index contributed by atoms with van der Waals surface area (Å²) in [6, 6.07) is 1.98. The first-order chi connectivity index (χ1) is 9.63. The lowest BCUT2D eigenvalue weighted by Gasteiger charge is -2.45. The van der Waals surface area contributed by atoms with Gasteiger partial charge in [0.2, 0.25) is 0 Å². The van der Waals surface area contributed by atoms with Crippen LogP contribution in [0.15, 0.2) is 12.1 Å². The van der Waals surface area contributed by atoms with Crippen molar-refractivity contribution in [1.82, 2.24) is 9.88 Å². The Hall–Kier alpha value is -1.54. The molecule has 5 nitrogen and oxygen atoms in total. The highest BCUT2D eigenvalue weighted by atomic mass is 19.4. The molecule has 2 heterocycles. The molecule has 0 unspecified atom stereocenters. The average molecular weight is 303 g/mol. The molecule has 118 valence electrons. The van der Waals surface area contributed by atoms with Gasteiger partial charge in [0.1, 0.15) is 11.6 Å². The zero-order valence-corrected chi connectivity index (χ0v) is 12.3. The van der Waals surface area contributed by atoms with Crippen LogP contribution in [0, 0.1) is 0 Å². The van der Waals surface area contributed by atoms with Gasteiger partial charge in [-0.15, -0.1) is 0 Å². The van der Waals surface area contributed by atoms with E-state index in [2.05, 4.69) is 29.2 Å². The van der Waals surface area contributed by atoms with Crippen molar-refractivity contribution in [3.63, 3.8) is 0 Å². The topological polar surface area (TPSA) is 57.4 Å². The smallest absolute Gasteiger partial charge is 0.353 e. The lowest BCUT2D eigenvalue weighted by atomic mass is 9.99. The van der Waals surface area contributed by atoms with Crippen molar-refractivity contribution >= 4 is 11.6 Å². The quantitative estimate of drug-likeness (QED) is 0.646. The summed E-state index contributed by atoms with van der Waals surface area (Å²) < 4.78 is 38.8. The molecule has 1 fully saturated rings. The second-order valence-electron chi connectivity index (χ2n) is 5.90. The number of piperazine rings is 1. The number of hydrazine groups is 1. The molecule has 1 aliphatic rings. The largest absolute Gasteiger partial charge is 0.416 e. The molecule has 8 heteroatoms. The van der Waals surface area contributed by atoms with Crippen LogP contribution in [0.5, 0.6) is 0 Å². The summed E-state index contributed by atoms with van der Waals surface area (Å²) in [7, 11) is 2.00. The van der Waals surface area contributed by atoms with Gasteiger partial charge in [-0.1, -0.05) is 0 Å². The van der Waals surface area contributed by atoms with Crippen molar-refractivity contribution < 1.29 is 13.2 Å². The molecule has 0 aromatic carbocycles. The van der Waals surface area contributed by atoms with Gasteiger partial charge in [-0.2, -0.15) is 13.2 Å². The fraction of sp³-hybridized carbons (Fsp3) is 0.615. The van der Waals surface area contributed by atoms with Crippen molar-refractivity contribution in [3.05, 3.63) is 17.7 Å². The standard InChI is InChI=1S/C13H20F3N5/c1-12(2)8-21(5-4-20(12)3)11-7-9(13(14,15)16)6-10(18-11)19-17/h6-7H,4-5,8,17H2,1-3H3,(H,18,19). The molecule has 0 amide bonds. The second kappa shape index (κ2) is 5.34. The van der Waals surface area contributed by atoms with Gasteiger partial charge >= 0.3 is 6.18 Å². The maximum Gasteiger partial charge on any atom is 0.416 e. The number of nitrogens with zero attached hydrogens (tertiary/aromatic N) is 3. The van der Waals surface area contributed by atoms with Gasteiger partial charge in [0.25, 0.3) is 0 Å². The van der Waals surface area contributed by atoms with E-state index in [1.165, 1.54) is 0 Å². The van der Waals surface area contributed by atoms with E-state index in [1.54, 1.807) is 0 Å². The molecule has 2 rings (SSSR count). The monoisotopic (exact) mass is 303 g/mol. The maximum atomic E-state index is 12.9. The van der Waals surface area contributed by atoms with E-state index >= 15 is 0 Å². The lowest BCUT2D eigenvalue weighted by Crippen LogP contribution is -2.57. The van der Waals surface area contributed by atoms with E-state index in [9.17, 15) is 13.2 Å². The Kier molecular flexibility index (Phi) is 4.03. The molecule has 0 saturated carbocycles. The first-order valence-corrected chi connectivity index (χ1v) is 6.65. The number of aromatic nitrogens is 1. The van der Waals surface area contributed by atoms with Crippen molar-refractivity contribution in [3.8, 4) is 0 Å². The molecular formula is C13H20F3N5. The third-order valence-corrected chi connectivity index (χ3v) is 3.93. The normalized spacial score (nSPS) is 19.7. The highest BCUT2D eigenvalue weighted by molar-refractivity contribution is 5.51. The summed E-state index contributed by atoms with van der Waals surface area (Å²) in [5.41, 5.74) is 1.31. The van der Waals surface area contributed by atoms with Gasteiger partial charge in [0.05, 0.1) is 5.56 Å². The molecule has 21 heavy (non-hydrogen) atoms. The van der Waals surface area contributed by atoms with Crippen LogP contribution >= 0.6 is 0 Å². The van der Waals surface area contributed by atoms with Crippen LogP contribution in [0.4, 0.5) is 24.8 Å². The third-order valence-electron chi connectivity index (χ3n) is 3.93. The van der Waals surface area contributed by atoms with Crippen LogP contribution in [-0.4, -0.2) is 42.1 Å². The van der Waals surface area contributed by atoms with Gasteiger partial charge in [-0.05, 0) is 33.0 Å². The van der Waals surface area contributed by atoms with Crippen LogP contribution in [0.3, 0.4) is 0 Å². The number of hydrogen-bond donors (Lipinski definition) is 2. The van der Waals surface area contributed by atoms with E-state index in [-0.39, 0.29) is 11.4 Å². The van der Waals surface area contributed by atoms with Gasteiger partial charge in [0.15, 0.2) is 0 Å². The van der Waals surface area contributed by atoms with E-state index in [1.807, 2.05) is 11.9 Å². The summed E-state index contributed by atoms with van der Waals surface area (Å²) >= 11 is 0. The van der Waals surface area contributed by atoms with Crippen LogP contribution in [0.2, 0.25) is 0 Å². The number of pyridine rings is 1. The Morgan fingerprint density at radius 2 is 1.95 bits per heavy atom. The van der Waals surface area contributed by atoms with E-state index in [0.717, 1.165) is 18.7 Å². The number of rotatable bonds is 2. The number of halogens is 3. The van der Waals surface area contributed by atoms with Crippen LogP contribution in [0.1, 0.15) is 19.4 Å². The molecule has 3 N–H and O–H groups in total. The van der Waals surface area contributed by atoms with Crippen molar-refractivity contribution in [1.29, 1.82) is 0 Å². The van der Waals surface area contributed by atoms with Gasteiger partial charge in [-0.3, -0.25) is 4.90 Å². The summed E-state index contributed by atoms with van der Waals surface area (Å²) in [6.45, 7) is 6.08.